The Hall–Kier alpha value is -3.17. The van der Waals surface area contributed by atoms with E-state index in [0.29, 0.717) is 22.5 Å². The Labute approximate surface area is 185 Å². The number of rotatable bonds is 7. The molecule has 1 heterocycles. The predicted octanol–water partition coefficient (Wildman–Crippen LogP) is 3.12. The van der Waals surface area contributed by atoms with E-state index < -0.39 is 22.5 Å². The quantitative estimate of drug-likeness (QED) is 0.331. The van der Waals surface area contributed by atoms with Gasteiger partial charge in [0.2, 0.25) is 10.0 Å². The Morgan fingerprint density at radius 2 is 2.03 bits per heavy atom. The molecule has 162 valence electrons. The standard InChI is InChI=1S/C21H21ClN4O4S/c1-14-5-4-6-17(9-14)26(31(3,28)29)13-20(27)25-23-12-16-10-15-7-8-18(30-2)11-19(15)24-21(16)22/h4-12H,13H2,1-3H3,(H,25,27). The summed E-state index contributed by atoms with van der Waals surface area (Å²) in [7, 11) is -2.10. The lowest BCUT2D eigenvalue weighted by Crippen LogP contribution is -2.39. The van der Waals surface area contributed by atoms with Gasteiger partial charge >= 0.3 is 0 Å². The highest BCUT2D eigenvalue weighted by molar-refractivity contribution is 7.92. The number of aromatic nitrogens is 1. The Morgan fingerprint density at radius 1 is 1.26 bits per heavy atom. The maximum Gasteiger partial charge on any atom is 0.260 e. The van der Waals surface area contributed by atoms with Gasteiger partial charge in [-0.15, -0.1) is 0 Å². The summed E-state index contributed by atoms with van der Waals surface area (Å²) in [5.74, 6) is 0.0616. The van der Waals surface area contributed by atoms with E-state index in [2.05, 4.69) is 15.5 Å². The molecule has 3 rings (SSSR count). The molecule has 31 heavy (non-hydrogen) atoms. The van der Waals surface area contributed by atoms with Gasteiger partial charge in [-0.2, -0.15) is 5.10 Å². The molecule has 1 aromatic heterocycles. The number of nitrogens with zero attached hydrogens (tertiary/aromatic N) is 3. The second kappa shape index (κ2) is 9.32. The molecular weight excluding hydrogens is 440 g/mol. The first kappa shape index (κ1) is 22.5. The highest BCUT2D eigenvalue weighted by atomic mass is 35.5. The molecule has 0 unspecified atom stereocenters. The number of methoxy groups -OCH3 is 1. The molecule has 1 N–H and O–H groups in total. The number of hydrogen-bond donors (Lipinski definition) is 1. The molecule has 8 nitrogen and oxygen atoms in total. The zero-order valence-electron chi connectivity index (χ0n) is 17.2. The molecule has 0 aliphatic rings. The first-order valence-electron chi connectivity index (χ1n) is 9.18. The SMILES string of the molecule is COc1ccc2cc(C=NNC(=O)CN(c3cccc(C)c3)S(C)(=O)=O)c(Cl)nc2c1. The lowest BCUT2D eigenvalue weighted by atomic mass is 10.1. The fourth-order valence-electron chi connectivity index (χ4n) is 2.88. The minimum atomic E-state index is -3.66. The van der Waals surface area contributed by atoms with Crippen LogP contribution in [0.3, 0.4) is 0 Å². The van der Waals surface area contributed by atoms with Crippen molar-refractivity contribution < 1.29 is 17.9 Å². The van der Waals surface area contributed by atoms with Gasteiger partial charge in [0, 0.05) is 17.0 Å². The molecule has 0 aliphatic carbocycles. The number of carbonyl (C=O) groups excluding carboxylic acids is 1. The Balaban J connectivity index is 1.74. The number of hydrazone groups is 1. The fourth-order valence-corrected chi connectivity index (χ4v) is 3.92. The van der Waals surface area contributed by atoms with Crippen molar-refractivity contribution in [3.8, 4) is 5.75 Å². The van der Waals surface area contributed by atoms with Crippen LogP contribution in [0, 0.1) is 6.92 Å². The molecule has 0 saturated carbocycles. The van der Waals surface area contributed by atoms with Crippen molar-refractivity contribution in [2.45, 2.75) is 6.92 Å². The third-order valence-electron chi connectivity index (χ3n) is 4.38. The van der Waals surface area contributed by atoms with Crippen molar-refractivity contribution in [3.05, 3.63) is 64.8 Å². The second-order valence-corrected chi connectivity index (χ2v) is 9.09. The number of nitrogens with one attached hydrogen (secondary N) is 1. The molecule has 0 radical (unpaired) electrons. The van der Waals surface area contributed by atoms with Crippen LogP contribution in [-0.2, 0) is 14.8 Å². The van der Waals surface area contributed by atoms with E-state index >= 15 is 0 Å². The lowest BCUT2D eigenvalue weighted by Gasteiger charge is -2.21. The average Bonchev–Trinajstić information content (AvgIpc) is 2.71. The number of fused-ring (bicyclic) bond motifs is 1. The first-order chi connectivity index (χ1) is 14.7. The number of halogens is 1. The molecule has 10 heteroatoms. The van der Waals surface area contributed by atoms with Gasteiger partial charge < -0.3 is 4.74 Å². The summed E-state index contributed by atoms with van der Waals surface area (Å²) in [4.78, 5) is 16.6. The number of amides is 1. The topological polar surface area (TPSA) is 101 Å². The summed E-state index contributed by atoms with van der Waals surface area (Å²) < 4.78 is 30.5. The van der Waals surface area contributed by atoms with Crippen LogP contribution in [0.1, 0.15) is 11.1 Å². The van der Waals surface area contributed by atoms with E-state index in [1.165, 1.54) is 6.21 Å². The molecule has 0 fully saturated rings. The van der Waals surface area contributed by atoms with Gasteiger partial charge in [0.15, 0.2) is 0 Å². The molecule has 0 saturated heterocycles. The van der Waals surface area contributed by atoms with E-state index in [9.17, 15) is 13.2 Å². The van der Waals surface area contributed by atoms with Crippen LogP contribution in [0.2, 0.25) is 5.15 Å². The Morgan fingerprint density at radius 3 is 2.71 bits per heavy atom. The summed E-state index contributed by atoms with van der Waals surface area (Å²) in [5, 5.41) is 4.92. The summed E-state index contributed by atoms with van der Waals surface area (Å²) in [5.41, 5.74) is 4.77. The third-order valence-corrected chi connectivity index (χ3v) is 5.82. The van der Waals surface area contributed by atoms with E-state index in [1.54, 1.807) is 43.5 Å². The highest BCUT2D eigenvalue weighted by Gasteiger charge is 2.20. The van der Waals surface area contributed by atoms with E-state index in [-0.39, 0.29) is 5.15 Å². The number of hydrogen-bond acceptors (Lipinski definition) is 6. The van der Waals surface area contributed by atoms with Crippen molar-refractivity contribution in [2.24, 2.45) is 5.10 Å². The summed E-state index contributed by atoms with van der Waals surface area (Å²) in [6, 6.07) is 14.0. The van der Waals surface area contributed by atoms with Crippen molar-refractivity contribution in [3.63, 3.8) is 0 Å². The van der Waals surface area contributed by atoms with Gasteiger partial charge in [0.1, 0.15) is 17.4 Å². The van der Waals surface area contributed by atoms with Gasteiger partial charge in [-0.05, 0) is 42.8 Å². The maximum absolute atomic E-state index is 12.3. The van der Waals surface area contributed by atoms with Crippen LogP contribution in [0.4, 0.5) is 5.69 Å². The molecule has 0 bridgehead atoms. The zero-order chi connectivity index (χ0) is 22.6. The van der Waals surface area contributed by atoms with Gasteiger partial charge in [-0.3, -0.25) is 9.10 Å². The normalized spacial score (nSPS) is 11.6. The lowest BCUT2D eigenvalue weighted by molar-refractivity contribution is -0.119. The van der Waals surface area contributed by atoms with Crippen LogP contribution in [0.25, 0.3) is 10.9 Å². The molecule has 0 aliphatic heterocycles. The maximum atomic E-state index is 12.3. The third kappa shape index (κ3) is 5.71. The summed E-state index contributed by atoms with van der Waals surface area (Å²) in [6.45, 7) is 1.43. The molecule has 3 aromatic rings. The number of pyridine rings is 1. The largest absolute Gasteiger partial charge is 0.497 e. The number of anilines is 1. The number of ether oxygens (including phenoxy) is 1. The van der Waals surface area contributed by atoms with E-state index in [4.69, 9.17) is 16.3 Å². The van der Waals surface area contributed by atoms with Crippen LogP contribution < -0.4 is 14.5 Å². The smallest absolute Gasteiger partial charge is 0.260 e. The van der Waals surface area contributed by atoms with Crippen molar-refractivity contribution in [1.82, 2.24) is 10.4 Å². The Kier molecular flexibility index (Phi) is 6.77. The molecule has 0 spiro atoms. The number of carbonyl (C=O) groups is 1. The number of benzene rings is 2. The Bertz CT molecular complexity index is 1260. The number of aryl methyl sites for hydroxylation is 1. The molecule has 2 aromatic carbocycles. The minimum absolute atomic E-state index is 0.205. The molecule has 1 amide bonds. The number of sulfonamides is 1. The zero-order valence-corrected chi connectivity index (χ0v) is 18.7. The van der Waals surface area contributed by atoms with Crippen molar-refractivity contribution in [1.29, 1.82) is 0 Å². The van der Waals surface area contributed by atoms with Crippen molar-refractivity contribution >= 4 is 50.3 Å². The van der Waals surface area contributed by atoms with E-state index in [1.807, 2.05) is 19.1 Å². The van der Waals surface area contributed by atoms with E-state index in [0.717, 1.165) is 21.5 Å². The van der Waals surface area contributed by atoms with Crippen LogP contribution >= 0.6 is 11.6 Å². The summed E-state index contributed by atoms with van der Waals surface area (Å²) >= 11 is 6.21. The van der Waals surface area contributed by atoms with Gasteiger partial charge in [-0.1, -0.05) is 23.7 Å². The highest BCUT2D eigenvalue weighted by Crippen LogP contribution is 2.23. The minimum Gasteiger partial charge on any atom is -0.497 e. The van der Waals surface area contributed by atoms with Crippen LogP contribution in [0.5, 0.6) is 5.75 Å². The molecular formula is C21H21ClN4O4S. The summed E-state index contributed by atoms with van der Waals surface area (Å²) in [6.07, 6.45) is 2.40. The monoisotopic (exact) mass is 460 g/mol. The molecule has 0 atom stereocenters. The first-order valence-corrected chi connectivity index (χ1v) is 11.4. The fraction of sp³-hybridized carbons (Fsp3) is 0.190. The van der Waals surface area contributed by atoms with Gasteiger partial charge in [0.25, 0.3) is 5.91 Å². The van der Waals surface area contributed by atoms with Gasteiger partial charge in [0.05, 0.1) is 30.8 Å². The van der Waals surface area contributed by atoms with Crippen molar-refractivity contribution in [2.75, 3.05) is 24.2 Å². The van der Waals surface area contributed by atoms with Crippen LogP contribution in [0.15, 0.2) is 53.6 Å². The second-order valence-electron chi connectivity index (χ2n) is 6.83. The predicted molar refractivity (Wildman–Crippen MR) is 122 cm³/mol. The average molecular weight is 461 g/mol. The van der Waals surface area contributed by atoms with Crippen LogP contribution in [-0.4, -0.2) is 45.4 Å². The van der Waals surface area contributed by atoms with Gasteiger partial charge in [-0.25, -0.2) is 18.8 Å².